The second-order valence-electron chi connectivity index (χ2n) is 5.80. The third kappa shape index (κ3) is 4.16. The van der Waals surface area contributed by atoms with Crippen LogP contribution in [0, 0.1) is 0 Å². The molecule has 3 nitrogen and oxygen atoms in total. The first-order valence-electron chi connectivity index (χ1n) is 7.08. The number of amides is 1. The average Bonchev–Trinajstić information content (AvgIpc) is 2.37. The molecule has 0 spiro atoms. The van der Waals surface area contributed by atoms with E-state index in [2.05, 4.69) is 18.5 Å². The van der Waals surface area contributed by atoms with Crippen LogP contribution >= 0.6 is 11.8 Å². The van der Waals surface area contributed by atoms with Gasteiger partial charge in [-0.25, -0.2) is 0 Å². The molecule has 1 aliphatic carbocycles. The molecule has 0 heterocycles. The molecule has 0 aliphatic heterocycles. The van der Waals surface area contributed by atoms with Gasteiger partial charge in [0.2, 0.25) is 5.91 Å². The quantitative estimate of drug-likeness (QED) is 0.781. The fraction of sp³-hybridized carbons (Fsp3) is 0.929. The van der Waals surface area contributed by atoms with Crippen molar-refractivity contribution in [1.29, 1.82) is 0 Å². The second-order valence-corrected chi connectivity index (χ2v) is 7.07. The molecule has 0 aromatic rings. The monoisotopic (exact) mass is 272 g/mol. The molecule has 0 aromatic carbocycles. The van der Waals surface area contributed by atoms with Gasteiger partial charge in [0.05, 0.1) is 5.54 Å². The van der Waals surface area contributed by atoms with Crippen molar-refractivity contribution in [3.8, 4) is 0 Å². The van der Waals surface area contributed by atoms with E-state index in [1.54, 1.807) is 0 Å². The van der Waals surface area contributed by atoms with Crippen molar-refractivity contribution in [3.05, 3.63) is 0 Å². The number of carbonyl (C=O) groups is 1. The molecule has 1 amide bonds. The van der Waals surface area contributed by atoms with Crippen LogP contribution in [0.2, 0.25) is 0 Å². The highest BCUT2D eigenvalue weighted by molar-refractivity contribution is 8.00. The molecule has 1 aliphatic rings. The van der Waals surface area contributed by atoms with E-state index in [-0.39, 0.29) is 10.7 Å². The lowest BCUT2D eigenvalue weighted by Gasteiger charge is -2.37. The largest absolute Gasteiger partial charge is 0.353 e. The second kappa shape index (κ2) is 6.80. The van der Waals surface area contributed by atoms with Crippen LogP contribution in [-0.4, -0.2) is 29.0 Å². The summed E-state index contributed by atoms with van der Waals surface area (Å²) in [7, 11) is 0. The van der Waals surface area contributed by atoms with Crippen molar-refractivity contribution in [3.63, 3.8) is 0 Å². The molecule has 18 heavy (non-hydrogen) atoms. The summed E-state index contributed by atoms with van der Waals surface area (Å²) in [6.45, 7) is 4.66. The van der Waals surface area contributed by atoms with Gasteiger partial charge in [-0.3, -0.25) is 4.79 Å². The van der Waals surface area contributed by atoms with Crippen LogP contribution in [0.25, 0.3) is 0 Å². The molecular weight excluding hydrogens is 244 g/mol. The molecule has 1 atom stereocenters. The van der Waals surface area contributed by atoms with E-state index in [1.807, 2.05) is 18.7 Å². The Kier molecular flexibility index (Phi) is 5.99. The maximum atomic E-state index is 12.1. The van der Waals surface area contributed by atoms with Gasteiger partial charge in [-0.15, -0.1) is 0 Å². The fourth-order valence-electron chi connectivity index (χ4n) is 2.73. The highest BCUT2D eigenvalue weighted by atomic mass is 32.2. The normalized spacial score (nSPS) is 22.2. The van der Waals surface area contributed by atoms with E-state index < -0.39 is 5.54 Å². The van der Waals surface area contributed by atoms with Crippen LogP contribution < -0.4 is 11.1 Å². The van der Waals surface area contributed by atoms with E-state index in [4.69, 9.17) is 5.73 Å². The summed E-state index contributed by atoms with van der Waals surface area (Å²) in [5.41, 5.74) is 5.33. The standard InChI is InChI=1S/C14H28N2OS/c1-4-8-13(2,15)12(17)16-11-14(18-3)9-6-5-7-10-14/h4-11,15H2,1-3H3,(H,16,17). The minimum atomic E-state index is -0.719. The van der Waals surface area contributed by atoms with Crippen molar-refractivity contribution >= 4 is 17.7 Å². The molecule has 1 fully saturated rings. The van der Waals surface area contributed by atoms with E-state index in [0.717, 1.165) is 19.4 Å². The van der Waals surface area contributed by atoms with Gasteiger partial charge in [-0.05, 0) is 32.4 Å². The lowest BCUT2D eigenvalue weighted by atomic mass is 9.87. The van der Waals surface area contributed by atoms with Crippen LogP contribution in [0.1, 0.15) is 58.8 Å². The van der Waals surface area contributed by atoms with Crippen LogP contribution in [0.3, 0.4) is 0 Å². The number of nitrogens with two attached hydrogens (primary N) is 1. The summed E-state index contributed by atoms with van der Waals surface area (Å²) in [6.07, 6.45) is 10.2. The van der Waals surface area contributed by atoms with Gasteiger partial charge in [-0.1, -0.05) is 32.6 Å². The molecule has 3 N–H and O–H groups in total. The number of carbonyl (C=O) groups excluding carboxylic acids is 1. The highest BCUT2D eigenvalue weighted by Gasteiger charge is 2.34. The van der Waals surface area contributed by atoms with Crippen molar-refractivity contribution in [2.24, 2.45) is 5.73 Å². The first-order chi connectivity index (χ1) is 8.46. The molecule has 0 aromatic heterocycles. The topological polar surface area (TPSA) is 55.1 Å². The Morgan fingerprint density at radius 1 is 1.39 bits per heavy atom. The average molecular weight is 272 g/mol. The maximum absolute atomic E-state index is 12.1. The molecule has 1 saturated carbocycles. The van der Waals surface area contributed by atoms with Gasteiger partial charge in [0.1, 0.15) is 0 Å². The van der Waals surface area contributed by atoms with Crippen molar-refractivity contribution in [2.75, 3.05) is 12.8 Å². The van der Waals surface area contributed by atoms with Gasteiger partial charge in [-0.2, -0.15) is 11.8 Å². The molecule has 4 heteroatoms. The lowest BCUT2D eigenvalue weighted by Crippen LogP contribution is -2.54. The van der Waals surface area contributed by atoms with Crippen LogP contribution in [0.5, 0.6) is 0 Å². The van der Waals surface area contributed by atoms with Crippen LogP contribution in [0.4, 0.5) is 0 Å². The third-order valence-electron chi connectivity index (χ3n) is 4.06. The minimum absolute atomic E-state index is 0.00310. The number of nitrogens with one attached hydrogen (secondary N) is 1. The van der Waals surface area contributed by atoms with Crippen LogP contribution in [0.15, 0.2) is 0 Å². The number of thioether (sulfide) groups is 1. The van der Waals surface area contributed by atoms with Gasteiger partial charge in [0, 0.05) is 11.3 Å². The lowest BCUT2D eigenvalue weighted by molar-refractivity contribution is -0.126. The number of hydrogen-bond acceptors (Lipinski definition) is 3. The van der Waals surface area contributed by atoms with E-state index in [9.17, 15) is 4.79 Å². The summed E-state index contributed by atoms with van der Waals surface area (Å²) in [4.78, 5) is 12.1. The zero-order valence-corrected chi connectivity index (χ0v) is 12.9. The fourth-order valence-corrected chi connectivity index (χ4v) is 3.64. The first kappa shape index (κ1) is 15.8. The summed E-state index contributed by atoms with van der Waals surface area (Å²) < 4.78 is 0.246. The van der Waals surface area contributed by atoms with Crippen LogP contribution in [-0.2, 0) is 4.79 Å². The molecule has 0 radical (unpaired) electrons. The Bertz CT molecular complexity index is 273. The zero-order chi connectivity index (χ0) is 13.6. The summed E-state index contributed by atoms with van der Waals surface area (Å²) in [5, 5.41) is 3.08. The predicted molar refractivity (Wildman–Crippen MR) is 79.8 cm³/mol. The van der Waals surface area contributed by atoms with Gasteiger partial charge < -0.3 is 11.1 Å². The minimum Gasteiger partial charge on any atom is -0.353 e. The van der Waals surface area contributed by atoms with Gasteiger partial charge in [0.15, 0.2) is 0 Å². The van der Waals surface area contributed by atoms with Gasteiger partial charge >= 0.3 is 0 Å². The van der Waals surface area contributed by atoms with Gasteiger partial charge in [0.25, 0.3) is 0 Å². The summed E-state index contributed by atoms with van der Waals surface area (Å²) in [5.74, 6) is 0.00310. The molecule has 0 saturated heterocycles. The van der Waals surface area contributed by atoms with E-state index in [1.165, 1.54) is 32.1 Å². The van der Waals surface area contributed by atoms with E-state index >= 15 is 0 Å². The van der Waals surface area contributed by atoms with Crippen molar-refractivity contribution in [2.45, 2.75) is 69.1 Å². The number of rotatable bonds is 6. The highest BCUT2D eigenvalue weighted by Crippen LogP contribution is 2.38. The molecular formula is C14H28N2OS. The first-order valence-corrected chi connectivity index (χ1v) is 8.30. The Labute approximate surface area is 116 Å². The summed E-state index contributed by atoms with van der Waals surface area (Å²) in [6, 6.07) is 0. The number of hydrogen-bond donors (Lipinski definition) is 2. The Morgan fingerprint density at radius 2 is 2.00 bits per heavy atom. The van der Waals surface area contributed by atoms with E-state index in [0.29, 0.717) is 0 Å². The third-order valence-corrected chi connectivity index (χ3v) is 5.48. The van der Waals surface area contributed by atoms with Crippen molar-refractivity contribution in [1.82, 2.24) is 5.32 Å². The Morgan fingerprint density at radius 3 is 2.50 bits per heavy atom. The van der Waals surface area contributed by atoms with Crippen molar-refractivity contribution < 1.29 is 4.79 Å². The molecule has 1 rings (SSSR count). The maximum Gasteiger partial charge on any atom is 0.239 e. The SMILES string of the molecule is CCCC(C)(N)C(=O)NCC1(SC)CCCCC1. The Balaban J connectivity index is 2.49. The smallest absolute Gasteiger partial charge is 0.239 e. The predicted octanol–water partition coefficient (Wildman–Crippen LogP) is 2.69. The molecule has 106 valence electrons. The Hall–Kier alpha value is -0.220. The summed E-state index contributed by atoms with van der Waals surface area (Å²) >= 11 is 1.90. The zero-order valence-electron chi connectivity index (χ0n) is 12.1. The molecule has 0 bridgehead atoms. The molecule has 1 unspecified atom stereocenters.